The first-order valence-corrected chi connectivity index (χ1v) is 7.92. The highest BCUT2D eigenvalue weighted by atomic mass is 32.2. The van der Waals surface area contributed by atoms with Crippen LogP contribution in [0.3, 0.4) is 0 Å². The molecule has 21 heavy (non-hydrogen) atoms. The van der Waals surface area contributed by atoms with Gasteiger partial charge in [0.1, 0.15) is 11.6 Å². The van der Waals surface area contributed by atoms with E-state index in [1.54, 1.807) is 12.4 Å². The number of H-pyrrole nitrogens is 1. The van der Waals surface area contributed by atoms with Crippen LogP contribution < -0.4 is 10.5 Å². The highest BCUT2D eigenvalue weighted by molar-refractivity contribution is 7.89. The molecule has 1 heterocycles. The molecule has 2 aromatic rings. The van der Waals surface area contributed by atoms with Crippen molar-refractivity contribution >= 4 is 15.7 Å². The molecule has 0 unspecified atom stereocenters. The predicted molar refractivity (Wildman–Crippen MR) is 77.6 cm³/mol. The zero-order chi connectivity index (χ0) is 15.5. The first kappa shape index (κ1) is 15.5. The molecule has 1 aromatic heterocycles. The molecule has 0 aliphatic rings. The Morgan fingerprint density at radius 2 is 2.19 bits per heavy atom. The smallest absolute Gasteiger partial charge is 0.240 e. The number of rotatable bonds is 6. The van der Waals surface area contributed by atoms with E-state index in [-0.39, 0.29) is 22.7 Å². The molecule has 4 N–H and O–H groups in total. The maximum Gasteiger partial charge on any atom is 0.240 e. The number of benzene rings is 1. The summed E-state index contributed by atoms with van der Waals surface area (Å²) < 4.78 is 40.1. The summed E-state index contributed by atoms with van der Waals surface area (Å²) in [5, 5.41) is 0. The summed E-state index contributed by atoms with van der Waals surface area (Å²) in [4.78, 5) is 6.81. The van der Waals surface area contributed by atoms with Gasteiger partial charge in [0.25, 0.3) is 0 Å². The van der Waals surface area contributed by atoms with E-state index >= 15 is 0 Å². The number of aromatic amines is 1. The van der Waals surface area contributed by atoms with Crippen LogP contribution in [0.4, 0.5) is 10.1 Å². The van der Waals surface area contributed by atoms with Gasteiger partial charge < -0.3 is 10.7 Å². The number of sulfonamides is 1. The fourth-order valence-corrected chi connectivity index (χ4v) is 2.93. The minimum Gasteiger partial charge on any atom is -0.398 e. The number of aromatic nitrogens is 2. The van der Waals surface area contributed by atoms with Gasteiger partial charge in [0.15, 0.2) is 0 Å². The van der Waals surface area contributed by atoms with Crippen LogP contribution >= 0.6 is 0 Å². The van der Waals surface area contributed by atoms with E-state index in [4.69, 9.17) is 5.73 Å². The van der Waals surface area contributed by atoms with Gasteiger partial charge in [-0.25, -0.2) is 22.5 Å². The van der Waals surface area contributed by atoms with Gasteiger partial charge in [0.05, 0.1) is 4.90 Å². The quantitative estimate of drug-likeness (QED) is 0.553. The number of imidazole rings is 1. The van der Waals surface area contributed by atoms with Gasteiger partial charge in [-0.05, 0) is 25.5 Å². The van der Waals surface area contributed by atoms with Crippen molar-refractivity contribution in [2.75, 3.05) is 12.3 Å². The molecule has 0 amide bonds. The molecule has 0 spiro atoms. The Balaban J connectivity index is 1.98. The van der Waals surface area contributed by atoms with Crippen LogP contribution in [0.25, 0.3) is 0 Å². The molecule has 2 rings (SSSR count). The Morgan fingerprint density at radius 1 is 1.43 bits per heavy atom. The lowest BCUT2D eigenvalue weighted by molar-refractivity contribution is 0.574. The Labute approximate surface area is 122 Å². The minimum absolute atomic E-state index is 0.117. The molecule has 1 aromatic carbocycles. The van der Waals surface area contributed by atoms with Gasteiger partial charge in [-0.3, -0.25) is 0 Å². The van der Waals surface area contributed by atoms with Gasteiger partial charge in [-0.1, -0.05) is 0 Å². The Bertz CT molecular complexity index is 691. The molecular weight excluding hydrogens is 295 g/mol. The summed E-state index contributed by atoms with van der Waals surface area (Å²) in [5.41, 5.74) is 5.95. The molecule has 0 fully saturated rings. The molecule has 0 aliphatic heterocycles. The maximum atomic E-state index is 13.6. The van der Waals surface area contributed by atoms with Gasteiger partial charge >= 0.3 is 0 Å². The van der Waals surface area contributed by atoms with E-state index < -0.39 is 15.8 Å². The monoisotopic (exact) mass is 312 g/mol. The van der Waals surface area contributed by atoms with Crippen LogP contribution in [0, 0.1) is 12.7 Å². The Morgan fingerprint density at radius 3 is 2.81 bits per heavy atom. The highest BCUT2D eigenvalue weighted by Crippen LogP contribution is 2.20. The fraction of sp³-hybridized carbons (Fsp3) is 0.308. The van der Waals surface area contributed by atoms with E-state index in [1.807, 2.05) is 0 Å². The van der Waals surface area contributed by atoms with Crippen molar-refractivity contribution in [2.45, 2.75) is 24.7 Å². The molecule has 0 atom stereocenters. The number of anilines is 1. The average Bonchev–Trinajstić information content (AvgIpc) is 2.93. The summed E-state index contributed by atoms with van der Waals surface area (Å²) >= 11 is 0. The number of nitrogen functional groups attached to an aromatic ring is 1. The minimum atomic E-state index is -3.76. The second-order valence-electron chi connectivity index (χ2n) is 4.66. The number of hydrogen-bond acceptors (Lipinski definition) is 4. The predicted octanol–water partition coefficient (Wildman–Crippen LogP) is 1.35. The van der Waals surface area contributed by atoms with E-state index in [0.29, 0.717) is 12.8 Å². The second kappa shape index (κ2) is 6.23. The molecule has 0 radical (unpaired) electrons. The molecule has 0 saturated carbocycles. The zero-order valence-electron chi connectivity index (χ0n) is 11.6. The number of aryl methyl sites for hydroxylation is 1. The first-order valence-electron chi connectivity index (χ1n) is 6.43. The summed E-state index contributed by atoms with van der Waals surface area (Å²) in [5.74, 6) is 0.158. The first-order chi connectivity index (χ1) is 9.90. The molecular formula is C13H17FN4O2S. The van der Waals surface area contributed by atoms with Crippen molar-refractivity contribution in [1.82, 2.24) is 14.7 Å². The van der Waals surface area contributed by atoms with Crippen molar-refractivity contribution in [3.8, 4) is 0 Å². The standard InChI is InChI=1S/C13H17FN4O2S/c1-9-11(14)7-10(8-12(9)15)21(19,20)18-4-2-3-13-16-5-6-17-13/h5-8,18H,2-4,15H2,1H3,(H,16,17). The van der Waals surface area contributed by atoms with Crippen LogP contribution in [0.15, 0.2) is 29.4 Å². The Hall–Kier alpha value is -1.93. The van der Waals surface area contributed by atoms with Gasteiger partial charge in [-0.2, -0.15) is 0 Å². The van der Waals surface area contributed by atoms with Crippen molar-refractivity contribution in [3.63, 3.8) is 0 Å². The number of hydrogen-bond donors (Lipinski definition) is 3. The SMILES string of the molecule is Cc1c(N)cc(S(=O)(=O)NCCCc2ncc[nH]2)cc1F. The van der Waals surface area contributed by atoms with Crippen LogP contribution in [0.1, 0.15) is 17.8 Å². The van der Waals surface area contributed by atoms with Crippen molar-refractivity contribution in [2.24, 2.45) is 0 Å². The van der Waals surface area contributed by atoms with E-state index in [9.17, 15) is 12.8 Å². The number of nitrogens with zero attached hydrogens (tertiary/aromatic N) is 1. The van der Waals surface area contributed by atoms with Crippen molar-refractivity contribution < 1.29 is 12.8 Å². The van der Waals surface area contributed by atoms with Crippen molar-refractivity contribution in [1.29, 1.82) is 0 Å². The van der Waals surface area contributed by atoms with E-state index in [2.05, 4.69) is 14.7 Å². The fourth-order valence-electron chi connectivity index (χ4n) is 1.81. The molecule has 0 bridgehead atoms. The van der Waals surface area contributed by atoms with Crippen molar-refractivity contribution in [3.05, 3.63) is 41.7 Å². The van der Waals surface area contributed by atoms with Crippen LogP contribution in [-0.2, 0) is 16.4 Å². The third-order valence-electron chi connectivity index (χ3n) is 3.11. The lowest BCUT2D eigenvalue weighted by Gasteiger charge is -2.09. The summed E-state index contributed by atoms with van der Waals surface area (Å²) in [6.07, 6.45) is 4.55. The van der Waals surface area contributed by atoms with Gasteiger partial charge in [0, 0.05) is 36.6 Å². The van der Waals surface area contributed by atoms with Gasteiger partial charge in [0.2, 0.25) is 10.0 Å². The van der Waals surface area contributed by atoms with Crippen LogP contribution in [-0.4, -0.2) is 24.9 Å². The average molecular weight is 312 g/mol. The number of nitrogens with two attached hydrogens (primary N) is 1. The van der Waals surface area contributed by atoms with Crippen LogP contribution in [0.2, 0.25) is 0 Å². The lowest BCUT2D eigenvalue weighted by Crippen LogP contribution is -2.25. The molecule has 8 heteroatoms. The number of nitrogens with one attached hydrogen (secondary N) is 2. The largest absolute Gasteiger partial charge is 0.398 e. The third-order valence-corrected chi connectivity index (χ3v) is 4.55. The van der Waals surface area contributed by atoms with E-state index in [1.165, 1.54) is 13.0 Å². The second-order valence-corrected chi connectivity index (χ2v) is 6.42. The van der Waals surface area contributed by atoms with Crippen LogP contribution in [0.5, 0.6) is 0 Å². The highest BCUT2D eigenvalue weighted by Gasteiger charge is 2.16. The third kappa shape index (κ3) is 3.79. The van der Waals surface area contributed by atoms with E-state index in [0.717, 1.165) is 11.9 Å². The summed E-state index contributed by atoms with van der Waals surface area (Å²) in [7, 11) is -3.76. The lowest BCUT2D eigenvalue weighted by atomic mass is 10.2. The normalized spacial score (nSPS) is 11.7. The summed E-state index contributed by atoms with van der Waals surface area (Å²) in [6.45, 7) is 1.73. The molecule has 6 nitrogen and oxygen atoms in total. The molecule has 114 valence electrons. The maximum absolute atomic E-state index is 13.6. The zero-order valence-corrected chi connectivity index (χ0v) is 12.4. The topological polar surface area (TPSA) is 101 Å². The Kier molecular flexibility index (Phi) is 4.59. The molecule has 0 aliphatic carbocycles. The number of halogens is 1. The summed E-state index contributed by atoms with van der Waals surface area (Å²) in [6, 6.07) is 2.23. The molecule has 0 saturated heterocycles. The van der Waals surface area contributed by atoms with Gasteiger partial charge in [-0.15, -0.1) is 0 Å².